The number of hydrogen-bond donors (Lipinski definition) is 0. The van der Waals surface area contributed by atoms with Crippen LogP contribution in [0, 0.1) is 11.3 Å². The van der Waals surface area contributed by atoms with Gasteiger partial charge in [0.2, 0.25) is 0 Å². The summed E-state index contributed by atoms with van der Waals surface area (Å²) in [7, 11) is 1.63. The van der Waals surface area contributed by atoms with Crippen LogP contribution in [0.25, 0.3) is 0 Å². The number of benzene rings is 1. The second-order valence-corrected chi connectivity index (χ2v) is 7.35. The van der Waals surface area contributed by atoms with Gasteiger partial charge in [-0.3, -0.25) is 4.90 Å². The highest BCUT2D eigenvalue weighted by atomic mass is 16.6. The molecule has 2 atom stereocenters. The van der Waals surface area contributed by atoms with Crippen LogP contribution in [0.4, 0.5) is 4.79 Å². The minimum absolute atomic E-state index is 0.137. The molecule has 0 saturated heterocycles. The average Bonchev–Trinajstić information content (AvgIpc) is 2.62. The third kappa shape index (κ3) is 8.89. The summed E-state index contributed by atoms with van der Waals surface area (Å²) in [5.74, 6) is 0. The summed E-state index contributed by atoms with van der Waals surface area (Å²) in [6.07, 6.45) is 0.507. The number of nitriles is 1. The van der Waals surface area contributed by atoms with E-state index in [0.29, 0.717) is 32.6 Å². The Kier molecular flexibility index (Phi) is 9.84. The molecule has 0 saturated carbocycles. The summed E-state index contributed by atoms with van der Waals surface area (Å²) >= 11 is 0. The minimum Gasteiger partial charge on any atom is -0.444 e. The van der Waals surface area contributed by atoms with E-state index in [0.717, 1.165) is 5.56 Å². The molecule has 0 N–H and O–H groups in total. The Hall–Kier alpha value is -2.10. The molecule has 0 heterocycles. The molecular weight excluding hydrogens is 344 g/mol. The van der Waals surface area contributed by atoms with E-state index in [9.17, 15) is 10.1 Å². The summed E-state index contributed by atoms with van der Waals surface area (Å²) in [6.45, 7) is 8.63. The minimum atomic E-state index is -0.592. The van der Waals surface area contributed by atoms with E-state index in [-0.39, 0.29) is 6.10 Å². The highest BCUT2D eigenvalue weighted by molar-refractivity contribution is 5.69. The number of ether oxygens (including phenoxy) is 3. The van der Waals surface area contributed by atoms with Crippen molar-refractivity contribution in [3.8, 4) is 6.07 Å². The summed E-state index contributed by atoms with van der Waals surface area (Å²) in [5.41, 5.74) is 0.509. The molecule has 0 aliphatic heterocycles. The van der Waals surface area contributed by atoms with Crippen LogP contribution in [0.3, 0.4) is 0 Å². The van der Waals surface area contributed by atoms with Crippen LogP contribution in [0.15, 0.2) is 30.3 Å². The van der Waals surface area contributed by atoms with Crippen LogP contribution in [-0.2, 0) is 20.8 Å². The normalized spacial score (nSPS) is 13.5. The lowest BCUT2D eigenvalue weighted by atomic mass is 10.1. The van der Waals surface area contributed by atoms with E-state index in [2.05, 4.69) is 6.07 Å². The maximum absolute atomic E-state index is 12.3. The molecule has 1 aromatic carbocycles. The fraction of sp³-hybridized carbons (Fsp3) is 0.619. The van der Waals surface area contributed by atoms with Crippen molar-refractivity contribution in [3.63, 3.8) is 0 Å². The van der Waals surface area contributed by atoms with Gasteiger partial charge in [0, 0.05) is 13.7 Å². The Morgan fingerprint density at radius 2 is 1.89 bits per heavy atom. The second-order valence-electron chi connectivity index (χ2n) is 7.35. The van der Waals surface area contributed by atoms with Gasteiger partial charge in [0.25, 0.3) is 0 Å². The van der Waals surface area contributed by atoms with Crippen molar-refractivity contribution in [1.29, 1.82) is 5.26 Å². The molecule has 150 valence electrons. The number of carbonyl (C=O) groups excluding carboxylic acids is 1. The van der Waals surface area contributed by atoms with Gasteiger partial charge < -0.3 is 14.2 Å². The summed E-state index contributed by atoms with van der Waals surface area (Å²) in [6, 6.07) is 11.6. The highest BCUT2D eigenvalue weighted by Gasteiger charge is 2.27. The van der Waals surface area contributed by atoms with Gasteiger partial charge in [-0.05, 0) is 46.1 Å². The lowest BCUT2D eigenvalue weighted by molar-refractivity contribution is -0.00738. The molecule has 2 unspecified atom stereocenters. The van der Waals surface area contributed by atoms with Crippen molar-refractivity contribution >= 4 is 6.09 Å². The molecule has 1 aromatic rings. The standard InChI is InChI=1S/C21H32N2O4/c1-6-23(20(24)27-21(2,3)4)18(14-22)12-13-19(25-5)16-26-15-17-10-8-7-9-11-17/h7-11,18-19H,6,12-13,15-16H2,1-5H3. The quantitative estimate of drug-likeness (QED) is 0.613. The van der Waals surface area contributed by atoms with Crippen LogP contribution in [0.2, 0.25) is 0 Å². The van der Waals surface area contributed by atoms with Crippen molar-refractivity contribution in [3.05, 3.63) is 35.9 Å². The van der Waals surface area contributed by atoms with Crippen molar-refractivity contribution in [2.45, 2.75) is 64.9 Å². The Morgan fingerprint density at radius 1 is 1.22 bits per heavy atom. The molecule has 27 heavy (non-hydrogen) atoms. The Balaban J connectivity index is 2.51. The lowest BCUT2D eigenvalue weighted by Gasteiger charge is -2.30. The fourth-order valence-electron chi connectivity index (χ4n) is 2.58. The molecule has 0 fully saturated rings. The first-order valence-corrected chi connectivity index (χ1v) is 9.34. The molecule has 0 aliphatic carbocycles. The van der Waals surface area contributed by atoms with Gasteiger partial charge in [0.15, 0.2) is 0 Å². The molecule has 1 rings (SSSR count). The summed E-state index contributed by atoms with van der Waals surface area (Å²) in [5, 5.41) is 9.51. The van der Waals surface area contributed by atoms with Crippen LogP contribution in [0.5, 0.6) is 0 Å². The topological polar surface area (TPSA) is 71.8 Å². The van der Waals surface area contributed by atoms with Crippen LogP contribution >= 0.6 is 0 Å². The van der Waals surface area contributed by atoms with E-state index in [1.807, 2.05) is 58.0 Å². The van der Waals surface area contributed by atoms with E-state index in [4.69, 9.17) is 14.2 Å². The Bertz CT molecular complexity index is 592. The monoisotopic (exact) mass is 376 g/mol. The van der Waals surface area contributed by atoms with E-state index in [1.165, 1.54) is 4.90 Å². The molecule has 0 radical (unpaired) electrons. The van der Waals surface area contributed by atoms with Gasteiger partial charge in [-0.15, -0.1) is 0 Å². The average molecular weight is 376 g/mol. The second kappa shape index (κ2) is 11.6. The predicted octanol–water partition coefficient (Wildman–Crippen LogP) is 4.15. The van der Waals surface area contributed by atoms with Crippen molar-refractivity contribution in [1.82, 2.24) is 4.90 Å². The van der Waals surface area contributed by atoms with Crippen LogP contribution in [0.1, 0.15) is 46.1 Å². The number of rotatable bonds is 10. The van der Waals surface area contributed by atoms with Crippen LogP contribution in [-0.4, -0.2) is 49.0 Å². The molecular formula is C21H32N2O4. The molecule has 0 aromatic heterocycles. The van der Waals surface area contributed by atoms with Gasteiger partial charge in [0.05, 0.1) is 25.4 Å². The smallest absolute Gasteiger partial charge is 0.411 e. The molecule has 0 bridgehead atoms. The maximum atomic E-state index is 12.3. The van der Waals surface area contributed by atoms with Crippen molar-refractivity contribution in [2.24, 2.45) is 0 Å². The summed E-state index contributed by atoms with van der Waals surface area (Å²) < 4.78 is 16.6. The zero-order valence-electron chi connectivity index (χ0n) is 17.1. The number of nitrogens with zero attached hydrogens (tertiary/aromatic N) is 2. The van der Waals surface area contributed by atoms with Gasteiger partial charge >= 0.3 is 6.09 Å². The van der Waals surface area contributed by atoms with E-state index in [1.54, 1.807) is 7.11 Å². The maximum Gasteiger partial charge on any atom is 0.411 e. The first-order valence-electron chi connectivity index (χ1n) is 9.34. The van der Waals surface area contributed by atoms with Gasteiger partial charge in [-0.25, -0.2) is 4.79 Å². The number of methoxy groups -OCH3 is 1. The third-order valence-corrected chi connectivity index (χ3v) is 4.00. The number of carbonyl (C=O) groups is 1. The first kappa shape index (κ1) is 22.9. The molecule has 6 heteroatoms. The third-order valence-electron chi connectivity index (χ3n) is 4.00. The molecule has 0 aliphatic rings. The zero-order chi connectivity index (χ0) is 20.3. The zero-order valence-corrected chi connectivity index (χ0v) is 17.1. The number of amides is 1. The molecule has 1 amide bonds. The molecule has 0 spiro atoms. The first-order chi connectivity index (χ1) is 12.8. The van der Waals surface area contributed by atoms with Crippen molar-refractivity contribution < 1.29 is 19.0 Å². The van der Waals surface area contributed by atoms with Gasteiger partial charge in [-0.1, -0.05) is 30.3 Å². The number of hydrogen-bond acceptors (Lipinski definition) is 5. The molecule has 6 nitrogen and oxygen atoms in total. The van der Waals surface area contributed by atoms with Crippen molar-refractivity contribution in [2.75, 3.05) is 20.3 Å². The fourth-order valence-corrected chi connectivity index (χ4v) is 2.58. The lowest BCUT2D eigenvalue weighted by Crippen LogP contribution is -2.43. The summed E-state index contributed by atoms with van der Waals surface area (Å²) in [4.78, 5) is 13.8. The van der Waals surface area contributed by atoms with E-state index >= 15 is 0 Å². The predicted molar refractivity (Wildman–Crippen MR) is 104 cm³/mol. The van der Waals surface area contributed by atoms with Crippen LogP contribution < -0.4 is 0 Å². The van der Waals surface area contributed by atoms with Gasteiger partial charge in [0.1, 0.15) is 11.6 Å². The largest absolute Gasteiger partial charge is 0.444 e. The van der Waals surface area contributed by atoms with Gasteiger partial charge in [-0.2, -0.15) is 5.26 Å². The highest BCUT2D eigenvalue weighted by Crippen LogP contribution is 2.16. The Labute approximate surface area is 163 Å². The van der Waals surface area contributed by atoms with E-state index < -0.39 is 17.7 Å². The Morgan fingerprint density at radius 3 is 2.41 bits per heavy atom. The SMILES string of the molecule is CCN(C(=O)OC(C)(C)C)C(C#N)CCC(COCc1ccccc1)OC.